The molecule has 0 aliphatic heterocycles. The Labute approximate surface area is 221 Å². The van der Waals surface area contributed by atoms with Gasteiger partial charge in [0.05, 0.1) is 0 Å². The Hall–Kier alpha value is 0.224. The number of hydrogen-bond acceptors (Lipinski definition) is 3. The van der Waals surface area contributed by atoms with E-state index in [1.807, 2.05) is 30.6 Å². The second-order valence-electron chi connectivity index (χ2n) is 7.99. The van der Waals surface area contributed by atoms with Crippen LogP contribution < -0.4 is 37.2 Å². The summed E-state index contributed by atoms with van der Waals surface area (Å²) in [6.07, 6.45) is 7.87. The summed E-state index contributed by atoms with van der Waals surface area (Å²) < 4.78 is 4.59. The Bertz CT molecular complexity index is 805. The first-order valence-electron chi connectivity index (χ1n) is 8.23. The van der Waals surface area contributed by atoms with E-state index in [0.29, 0.717) is 0 Å². The van der Waals surface area contributed by atoms with Crippen molar-refractivity contribution in [2.45, 2.75) is 39.3 Å². The minimum atomic E-state index is -1.53. The second kappa shape index (κ2) is 11.6. The third-order valence-electron chi connectivity index (χ3n) is 3.93. The number of aromatic nitrogens is 5. The van der Waals surface area contributed by atoms with Gasteiger partial charge in [0.2, 0.25) is 0 Å². The Morgan fingerprint density at radius 2 is 1.04 bits per heavy atom. The predicted octanol–water partition coefficient (Wildman–Crippen LogP) is -4.81. The summed E-state index contributed by atoms with van der Waals surface area (Å²) in [5.74, 6) is 1.89. The van der Waals surface area contributed by atoms with Gasteiger partial charge in [-0.3, -0.25) is 0 Å². The fraction of sp³-hybridized carbons (Fsp3) is 0.353. The number of nitrogens with zero attached hydrogens (tertiary/aromatic N) is 5. The maximum Gasteiger partial charge on any atom is 3.00 e. The number of rotatable bonds is 4. The van der Waals surface area contributed by atoms with Crippen molar-refractivity contribution in [3.8, 4) is 23.0 Å². The first-order chi connectivity index (χ1) is 11.2. The van der Waals surface area contributed by atoms with Crippen molar-refractivity contribution in [1.29, 1.82) is 0 Å². The van der Waals surface area contributed by atoms with Gasteiger partial charge < -0.3 is 45.7 Å². The van der Waals surface area contributed by atoms with Gasteiger partial charge in [0.25, 0.3) is 0 Å². The average molecular weight is 606 g/mol. The summed E-state index contributed by atoms with van der Waals surface area (Å²) in [7, 11) is -3.07. The summed E-state index contributed by atoms with van der Waals surface area (Å²) in [5, 5.41) is 0. The first kappa shape index (κ1) is 30.4. The predicted molar refractivity (Wildman–Crippen MR) is 104 cm³/mol. The molecule has 0 spiro atoms. The maximum atomic E-state index is 4.88. The molecule has 5 nitrogen and oxygen atoms in total. The molecule has 0 amide bonds. The molecule has 3 aromatic heterocycles. The van der Waals surface area contributed by atoms with E-state index in [1.165, 1.54) is 0 Å². The zero-order valence-electron chi connectivity index (χ0n) is 16.9. The molecule has 0 bridgehead atoms. The van der Waals surface area contributed by atoms with Crippen LogP contribution in [0, 0.1) is 40.8 Å². The van der Waals surface area contributed by atoms with Gasteiger partial charge in [-0.25, -0.2) is 15.0 Å². The van der Waals surface area contributed by atoms with Crippen molar-refractivity contribution in [3.63, 3.8) is 0 Å². The van der Waals surface area contributed by atoms with Gasteiger partial charge >= 0.3 is 40.8 Å². The van der Waals surface area contributed by atoms with Gasteiger partial charge in [0.1, 0.15) is 11.4 Å². The molecule has 0 unspecified atom stereocenters. The van der Waals surface area contributed by atoms with Crippen LogP contribution in [-0.4, -0.2) is 39.9 Å². The average Bonchev–Trinajstić information content (AvgIpc) is 3.15. The molecule has 28 heavy (non-hydrogen) atoms. The maximum absolute atomic E-state index is 4.88. The van der Waals surface area contributed by atoms with Gasteiger partial charge in [0.15, 0.2) is 28.1 Å². The van der Waals surface area contributed by atoms with Crippen molar-refractivity contribution in [2.75, 3.05) is 0 Å². The second-order valence-corrected chi connectivity index (χ2v) is 17.6. The van der Waals surface area contributed by atoms with Gasteiger partial charge in [-0.1, -0.05) is 45.3 Å². The van der Waals surface area contributed by atoms with Crippen LogP contribution in [0.4, 0.5) is 0 Å². The van der Waals surface area contributed by atoms with Gasteiger partial charge in [-0.05, 0) is 12.1 Å². The van der Waals surface area contributed by atoms with E-state index in [4.69, 9.17) is 4.98 Å². The largest absolute Gasteiger partial charge is 3.00 e. The van der Waals surface area contributed by atoms with E-state index < -0.39 is 16.5 Å². The summed E-state index contributed by atoms with van der Waals surface area (Å²) >= 11 is 0. The zero-order valence-corrected chi connectivity index (χ0v) is 24.4. The Morgan fingerprint density at radius 3 is 1.36 bits per heavy atom. The number of imidazole rings is 2. The SMILES string of the molecule is C[Si](C)(C)n1ccnc1-c1cccc(-c2nccn2[Si](C)(C)C)n1.[Cl-].[Cl-].[Cl-].[Nd+3]. The molecule has 151 valence electrons. The molecular weight excluding hydrogens is 581 g/mol. The molecule has 0 saturated heterocycles. The fourth-order valence-corrected chi connectivity index (χ4v) is 5.40. The molecule has 0 saturated carbocycles. The van der Waals surface area contributed by atoms with Crippen LogP contribution in [0.25, 0.3) is 23.0 Å². The normalized spacial score (nSPS) is 10.8. The molecule has 0 aliphatic carbocycles. The van der Waals surface area contributed by atoms with E-state index in [-0.39, 0.29) is 78.1 Å². The van der Waals surface area contributed by atoms with Gasteiger partial charge in [0, 0.05) is 24.8 Å². The molecule has 0 aliphatic rings. The summed E-state index contributed by atoms with van der Waals surface area (Å²) in [5.41, 5.74) is 1.81. The fourth-order valence-electron chi connectivity index (χ4n) is 2.75. The minimum Gasteiger partial charge on any atom is -1.00 e. The van der Waals surface area contributed by atoms with E-state index in [2.05, 4.69) is 70.1 Å². The molecular formula is C17H25Cl3N5NdSi2. The monoisotopic (exact) mass is 602 g/mol. The Morgan fingerprint density at radius 1 is 0.679 bits per heavy atom. The molecule has 1 radical (unpaired) electrons. The third-order valence-corrected chi connectivity index (χ3v) is 7.55. The zero-order chi connectivity index (χ0) is 17.5. The Balaban J connectivity index is 0. The quantitative estimate of drug-likeness (QED) is 0.281. The molecule has 0 atom stereocenters. The number of halogens is 3. The molecule has 0 aromatic carbocycles. The molecule has 0 N–H and O–H groups in total. The van der Waals surface area contributed by atoms with Crippen molar-refractivity contribution in [2.24, 2.45) is 0 Å². The smallest absolute Gasteiger partial charge is 1.00 e. The molecule has 11 heteroatoms. The van der Waals surface area contributed by atoms with Crippen molar-refractivity contribution < 1.29 is 78.1 Å². The van der Waals surface area contributed by atoms with E-state index in [1.54, 1.807) is 0 Å². The molecule has 3 heterocycles. The molecule has 3 aromatic rings. The standard InChI is InChI=1S/C17H25N5Si2.3ClH.Nd/c1-23(2,3)21-12-10-18-16(21)14-8-7-9-15(20-14)17-19-11-13-22(17)24(4,5)6;;;;/h7-13H,1-6H3;3*1H;/q;;;;+3/p-3. The van der Waals surface area contributed by atoms with Gasteiger partial charge in [-0.15, -0.1) is 0 Å². The first-order valence-corrected chi connectivity index (χ1v) is 15.1. The Kier molecular flexibility index (Phi) is 12.6. The third kappa shape index (κ3) is 6.61. The van der Waals surface area contributed by atoms with Crippen LogP contribution in [0.2, 0.25) is 39.3 Å². The summed E-state index contributed by atoms with van der Waals surface area (Å²) in [4.78, 5) is 14.0. The van der Waals surface area contributed by atoms with E-state index in [9.17, 15) is 0 Å². The van der Waals surface area contributed by atoms with E-state index in [0.717, 1.165) is 23.0 Å². The van der Waals surface area contributed by atoms with Crippen LogP contribution in [0.5, 0.6) is 0 Å². The van der Waals surface area contributed by atoms with Crippen LogP contribution in [0.15, 0.2) is 43.0 Å². The van der Waals surface area contributed by atoms with Crippen LogP contribution in [0.3, 0.4) is 0 Å². The molecule has 0 fully saturated rings. The van der Waals surface area contributed by atoms with E-state index >= 15 is 0 Å². The number of pyridine rings is 1. The van der Waals surface area contributed by atoms with Crippen LogP contribution in [-0.2, 0) is 0 Å². The van der Waals surface area contributed by atoms with Crippen LogP contribution in [0.1, 0.15) is 0 Å². The topological polar surface area (TPSA) is 48.5 Å². The van der Waals surface area contributed by atoms with Crippen molar-refractivity contribution in [1.82, 2.24) is 23.4 Å². The summed E-state index contributed by atoms with van der Waals surface area (Å²) in [6, 6.07) is 6.11. The van der Waals surface area contributed by atoms with Crippen LogP contribution >= 0.6 is 0 Å². The molecule has 3 rings (SSSR count). The minimum absolute atomic E-state index is 0. The van der Waals surface area contributed by atoms with Crippen molar-refractivity contribution in [3.05, 3.63) is 43.0 Å². The summed E-state index contributed by atoms with van der Waals surface area (Å²) in [6.45, 7) is 13.8. The van der Waals surface area contributed by atoms with Crippen molar-refractivity contribution >= 4 is 16.5 Å². The van der Waals surface area contributed by atoms with Gasteiger partial charge in [-0.2, -0.15) is 0 Å². The number of hydrogen-bond donors (Lipinski definition) is 0.